The minimum atomic E-state index is -0.664. The molecule has 0 aliphatic carbocycles. The number of carbonyl (C=O) groups is 3. The Labute approximate surface area is 162 Å². The van der Waals surface area contributed by atoms with Crippen molar-refractivity contribution < 1.29 is 19.1 Å². The molecule has 1 heterocycles. The molecule has 27 heavy (non-hydrogen) atoms. The fourth-order valence-corrected chi connectivity index (χ4v) is 3.25. The van der Waals surface area contributed by atoms with E-state index in [4.69, 9.17) is 4.74 Å². The number of methoxy groups -OCH3 is 1. The number of nitrogens with zero attached hydrogens (tertiary/aromatic N) is 2. The third-order valence-electron chi connectivity index (χ3n) is 4.73. The Morgan fingerprint density at radius 1 is 1.26 bits per heavy atom. The Morgan fingerprint density at radius 2 is 1.81 bits per heavy atom. The van der Waals surface area contributed by atoms with Crippen LogP contribution in [0.3, 0.4) is 0 Å². The van der Waals surface area contributed by atoms with Gasteiger partial charge in [0, 0.05) is 31.3 Å². The van der Waals surface area contributed by atoms with E-state index in [0.717, 1.165) is 0 Å². The summed E-state index contributed by atoms with van der Waals surface area (Å²) in [5.41, 5.74) is 1.87. The lowest BCUT2D eigenvalue weighted by Crippen LogP contribution is -2.44. The summed E-state index contributed by atoms with van der Waals surface area (Å²) in [5, 5.41) is 0. The standard InChI is InChI=1S/C21H32N2O4/c1-10-11-23(16(24)12-21(5,6)7)15(4)19(25)17-13(2)18(20(26)27-9)22(8)14(17)3/h10,15H,1,11-12H2,2-9H3/t15-/m1/s1. The first-order chi connectivity index (χ1) is 12.4. The van der Waals surface area contributed by atoms with Crippen LogP contribution in [-0.2, 0) is 16.6 Å². The second kappa shape index (κ2) is 8.55. The molecule has 0 radical (unpaired) electrons. The number of amides is 1. The Balaban J connectivity index is 3.32. The predicted octanol–water partition coefficient (Wildman–Crippen LogP) is 3.45. The van der Waals surface area contributed by atoms with Crippen LogP contribution in [0.4, 0.5) is 0 Å². The summed E-state index contributed by atoms with van der Waals surface area (Å²) < 4.78 is 6.50. The van der Waals surface area contributed by atoms with Gasteiger partial charge in [0.1, 0.15) is 5.69 Å². The Bertz CT molecular complexity index is 753. The first kappa shape index (κ1) is 22.7. The predicted molar refractivity (Wildman–Crippen MR) is 106 cm³/mol. The van der Waals surface area contributed by atoms with E-state index in [-0.39, 0.29) is 23.7 Å². The molecule has 1 amide bonds. The number of carbonyl (C=O) groups excluding carboxylic acids is 3. The second-order valence-electron chi connectivity index (χ2n) is 8.10. The highest BCUT2D eigenvalue weighted by Crippen LogP contribution is 2.26. The van der Waals surface area contributed by atoms with E-state index in [1.54, 1.807) is 43.4 Å². The van der Waals surface area contributed by atoms with Gasteiger partial charge in [0.05, 0.1) is 13.2 Å². The van der Waals surface area contributed by atoms with Crippen LogP contribution in [0.5, 0.6) is 0 Å². The van der Waals surface area contributed by atoms with Crippen molar-refractivity contribution in [2.24, 2.45) is 12.5 Å². The molecule has 1 aromatic rings. The Morgan fingerprint density at radius 3 is 2.26 bits per heavy atom. The molecule has 1 atom stereocenters. The third-order valence-corrected chi connectivity index (χ3v) is 4.73. The highest BCUT2D eigenvalue weighted by Gasteiger charge is 2.33. The summed E-state index contributed by atoms with van der Waals surface area (Å²) in [6.45, 7) is 15.2. The quantitative estimate of drug-likeness (QED) is 0.415. The molecule has 0 spiro atoms. The summed E-state index contributed by atoms with van der Waals surface area (Å²) in [6, 6.07) is -0.664. The van der Waals surface area contributed by atoms with Crippen molar-refractivity contribution in [1.29, 1.82) is 0 Å². The van der Waals surface area contributed by atoms with E-state index in [0.29, 0.717) is 28.9 Å². The molecular formula is C21H32N2O4. The molecule has 1 aromatic heterocycles. The van der Waals surface area contributed by atoms with Crippen LogP contribution in [0.2, 0.25) is 0 Å². The van der Waals surface area contributed by atoms with Crippen molar-refractivity contribution in [3.63, 3.8) is 0 Å². The maximum absolute atomic E-state index is 13.3. The van der Waals surface area contributed by atoms with E-state index in [1.165, 1.54) is 7.11 Å². The van der Waals surface area contributed by atoms with Crippen LogP contribution in [0.15, 0.2) is 12.7 Å². The maximum atomic E-state index is 13.3. The molecule has 6 heteroatoms. The summed E-state index contributed by atoms with van der Waals surface area (Å²) in [7, 11) is 3.04. The number of esters is 1. The highest BCUT2D eigenvalue weighted by atomic mass is 16.5. The molecule has 0 bridgehead atoms. The average molecular weight is 376 g/mol. The Hall–Kier alpha value is -2.37. The summed E-state index contributed by atoms with van der Waals surface area (Å²) in [6.07, 6.45) is 1.95. The number of hydrogen-bond acceptors (Lipinski definition) is 4. The van der Waals surface area contributed by atoms with Crippen molar-refractivity contribution >= 4 is 17.7 Å². The monoisotopic (exact) mass is 376 g/mol. The van der Waals surface area contributed by atoms with Gasteiger partial charge in [-0.15, -0.1) is 6.58 Å². The highest BCUT2D eigenvalue weighted by molar-refractivity contribution is 6.06. The zero-order valence-electron chi connectivity index (χ0n) is 17.8. The van der Waals surface area contributed by atoms with E-state index < -0.39 is 12.0 Å². The summed E-state index contributed by atoms with van der Waals surface area (Å²) >= 11 is 0. The van der Waals surface area contributed by atoms with Crippen LogP contribution >= 0.6 is 0 Å². The fraction of sp³-hybridized carbons (Fsp3) is 0.571. The van der Waals surface area contributed by atoms with Gasteiger partial charge in [-0.1, -0.05) is 26.8 Å². The molecule has 0 saturated carbocycles. The summed E-state index contributed by atoms with van der Waals surface area (Å²) in [4.78, 5) is 39.7. The number of ether oxygens (including phenoxy) is 1. The van der Waals surface area contributed by atoms with Gasteiger partial charge in [0.15, 0.2) is 5.78 Å². The van der Waals surface area contributed by atoms with Crippen LogP contribution in [0, 0.1) is 19.3 Å². The van der Waals surface area contributed by atoms with E-state index >= 15 is 0 Å². The van der Waals surface area contributed by atoms with Crippen molar-refractivity contribution in [2.75, 3.05) is 13.7 Å². The minimum Gasteiger partial charge on any atom is -0.464 e. The maximum Gasteiger partial charge on any atom is 0.354 e. The normalized spacial score (nSPS) is 12.4. The van der Waals surface area contributed by atoms with Gasteiger partial charge in [-0.3, -0.25) is 9.59 Å². The zero-order valence-corrected chi connectivity index (χ0v) is 17.8. The number of hydrogen-bond donors (Lipinski definition) is 0. The van der Waals surface area contributed by atoms with E-state index in [2.05, 4.69) is 6.58 Å². The van der Waals surface area contributed by atoms with Crippen molar-refractivity contribution in [2.45, 2.75) is 54.0 Å². The molecule has 0 N–H and O–H groups in total. The van der Waals surface area contributed by atoms with Crippen LogP contribution in [-0.4, -0.2) is 46.8 Å². The van der Waals surface area contributed by atoms with Gasteiger partial charge in [-0.05, 0) is 31.7 Å². The lowest BCUT2D eigenvalue weighted by Gasteiger charge is -2.30. The number of Topliss-reactive ketones (excluding diaryl/α,β-unsaturated/α-hetero) is 1. The molecule has 0 fully saturated rings. The number of rotatable bonds is 7. The minimum absolute atomic E-state index is 0.0947. The largest absolute Gasteiger partial charge is 0.464 e. The van der Waals surface area contributed by atoms with Crippen LogP contribution in [0.1, 0.15) is 66.2 Å². The van der Waals surface area contributed by atoms with E-state index in [9.17, 15) is 14.4 Å². The van der Waals surface area contributed by atoms with Crippen LogP contribution in [0.25, 0.3) is 0 Å². The molecule has 0 unspecified atom stereocenters. The van der Waals surface area contributed by atoms with Gasteiger partial charge >= 0.3 is 5.97 Å². The van der Waals surface area contributed by atoms with Crippen molar-refractivity contribution in [3.05, 3.63) is 35.2 Å². The van der Waals surface area contributed by atoms with Crippen LogP contribution < -0.4 is 0 Å². The third kappa shape index (κ3) is 4.87. The number of ketones is 1. The van der Waals surface area contributed by atoms with Gasteiger partial charge in [-0.25, -0.2) is 4.79 Å². The lowest BCUT2D eigenvalue weighted by molar-refractivity contribution is -0.133. The molecule has 0 saturated heterocycles. The lowest BCUT2D eigenvalue weighted by atomic mass is 9.91. The van der Waals surface area contributed by atoms with E-state index in [1.807, 2.05) is 20.8 Å². The molecule has 0 aliphatic heterocycles. The molecule has 0 aliphatic rings. The molecular weight excluding hydrogens is 344 g/mol. The first-order valence-corrected chi connectivity index (χ1v) is 9.06. The van der Waals surface area contributed by atoms with Gasteiger partial charge in [-0.2, -0.15) is 0 Å². The zero-order chi connectivity index (χ0) is 21.1. The summed E-state index contributed by atoms with van der Waals surface area (Å²) in [5.74, 6) is -0.779. The van der Waals surface area contributed by atoms with Gasteiger partial charge in [0.25, 0.3) is 0 Å². The first-order valence-electron chi connectivity index (χ1n) is 9.06. The topological polar surface area (TPSA) is 68.6 Å². The number of aromatic nitrogens is 1. The fourth-order valence-electron chi connectivity index (χ4n) is 3.25. The van der Waals surface area contributed by atoms with Crippen molar-refractivity contribution in [3.8, 4) is 0 Å². The van der Waals surface area contributed by atoms with Gasteiger partial charge in [0.2, 0.25) is 5.91 Å². The molecule has 150 valence electrons. The average Bonchev–Trinajstić information content (AvgIpc) is 2.78. The van der Waals surface area contributed by atoms with Gasteiger partial charge < -0.3 is 14.2 Å². The SMILES string of the molecule is C=CCN(C(=O)CC(C)(C)C)[C@H](C)C(=O)c1c(C)c(C(=O)OC)n(C)c1C. The molecule has 6 nitrogen and oxygen atoms in total. The molecule has 0 aromatic carbocycles. The van der Waals surface area contributed by atoms with Crippen molar-refractivity contribution in [1.82, 2.24) is 9.47 Å². The Kier molecular flexibility index (Phi) is 7.18. The molecule has 1 rings (SSSR count). The second-order valence-corrected chi connectivity index (χ2v) is 8.10. The smallest absolute Gasteiger partial charge is 0.354 e.